The molecule has 100 valence electrons. The third-order valence-corrected chi connectivity index (χ3v) is 4.55. The zero-order chi connectivity index (χ0) is 13.1. The Kier molecular flexibility index (Phi) is 4.60. The SMILES string of the molecule is Cc1ccc2c(c1)CCCN2CC(CS)C(C)C. The smallest absolute Gasteiger partial charge is 0.0399 e. The van der Waals surface area contributed by atoms with Crippen LogP contribution >= 0.6 is 12.6 Å². The van der Waals surface area contributed by atoms with E-state index in [1.54, 1.807) is 0 Å². The van der Waals surface area contributed by atoms with Crippen molar-refractivity contribution < 1.29 is 0 Å². The minimum absolute atomic E-state index is 0.681. The molecule has 0 bridgehead atoms. The minimum Gasteiger partial charge on any atom is -0.371 e. The molecule has 0 radical (unpaired) electrons. The quantitative estimate of drug-likeness (QED) is 0.805. The average Bonchev–Trinajstić information content (AvgIpc) is 2.35. The van der Waals surface area contributed by atoms with E-state index in [4.69, 9.17) is 0 Å². The third kappa shape index (κ3) is 3.03. The molecule has 0 fully saturated rings. The van der Waals surface area contributed by atoms with Crippen LogP contribution in [-0.4, -0.2) is 18.8 Å². The summed E-state index contributed by atoms with van der Waals surface area (Å²) in [5.74, 6) is 2.37. The van der Waals surface area contributed by atoms with E-state index >= 15 is 0 Å². The van der Waals surface area contributed by atoms with Gasteiger partial charge >= 0.3 is 0 Å². The molecule has 2 heteroatoms. The number of aryl methyl sites for hydroxylation is 2. The fourth-order valence-electron chi connectivity index (χ4n) is 2.76. The van der Waals surface area contributed by atoms with Crippen LogP contribution in [-0.2, 0) is 6.42 Å². The maximum Gasteiger partial charge on any atom is 0.0399 e. The molecule has 0 aliphatic carbocycles. The van der Waals surface area contributed by atoms with Crippen LogP contribution < -0.4 is 4.90 Å². The van der Waals surface area contributed by atoms with Gasteiger partial charge in [-0.15, -0.1) is 0 Å². The van der Waals surface area contributed by atoms with E-state index < -0.39 is 0 Å². The maximum absolute atomic E-state index is 4.51. The van der Waals surface area contributed by atoms with Crippen molar-refractivity contribution in [1.82, 2.24) is 0 Å². The van der Waals surface area contributed by atoms with Gasteiger partial charge in [-0.25, -0.2) is 0 Å². The second-order valence-corrected chi connectivity index (χ2v) is 6.23. The predicted octanol–water partition coefficient (Wildman–Crippen LogP) is 3.95. The molecule has 0 saturated heterocycles. The summed E-state index contributed by atoms with van der Waals surface area (Å²) in [4.78, 5) is 2.57. The Morgan fingerprint density at radius 1 is 1.33 bits per heavy atom. The van der Waals surface area contributed by atoms with Gasteiger partial charge in [0, 0.05) is 18.8 Å². The fraction of sp³-hybridized carbons (Fsp3) is 0.625. The Balaban J connectivity index is 2.17. The lowest BCUT2D eigenvalue weighted by Gasteiger charge is -2.35. The van der Waals surface area contributed by atoms with Crippen LogP contribution in [0.4, 0.5) is 5.69 Å². The molecule has 0 spiro atoms. The molecule has 1 nitrogen and oxygen atoms in total. The van der Waals surface area contributed by atoms with Crippen molar-refractivity contribution in [2.75, 3.05) is 23.7 Å². The first kappa shape index (κ1) is 13.8. The lowest BCUT2D eigenvalue weighted by molar-refractivity contribution is 0.420. The number of hydrogen-bond acceptors (Lipinski definition) is 2. The lowest BCUT2D eigenvalue weighted by Crippen LogP contribution is -2.36. The van der Waals surface area contributed by atoms with Crippen LogP contribution in [0.2, 0.25) is 0 Å². The summed E-state index contributed by atoms with van der Waals surface area (Å²) in [6.45, 7) is 9.15. The van der Waals surface area contributed by atoms with Crippen molar-refractivity contribution in [3.8, 4) is 0 Å². The van der Waals surface area contributed by atoms with E-state index in [9.17, 15) is 0 Å². The molecule has 0 amide bonds. The summed E-state index contributed by atoms with van der Waals surface area (Å²) >= 11 is 4.51. The van der Waals surface area contributed by atoms with E-state index in [-0.39, 0.29) is 0 Å². The highest BCUT2D eigenvalue weighted by atomic mass is 32.1. The summed E-state index contributed by atoms with van der Waals surface area (Å²) in [5.41, 5.74) is 4.37. The van der Waals surface area contributed by atoms with Crippen molar-refractivity contribution in [1.29, 1.82) is 0 Å². The molecule has 0 aromatic heterocycles. The molecule has 1 aliphatic heterocycles. The minimum atomic E-state index is 0.681. The van der Waals surface area contributed by atoms with E-state index in [0.717, 1.165) is 12.3 Å². The molecular weight excluding hydrogens is 238 g/mol. The van der Waals surface area contributed by atoms with Crippen LogP contribution in [0.1, 0.15) is 31.4 Å². The van der Waals surface area contributed by atoms with Gasteiger partial charge < -0.3 is 4.90 Å². The van der Waals surface area contributed by atoms with Crippen molar-refractivity contribution in [3.63, 3.8) is 0 Å². The zero-order valence-electron chi connectivity index (χ0n) is 11.8. The summed E-state index contributed by atoms with van der Waals surface area (Å²) < 4.78 is 0. The lowest BCUT2D eigenvalue weighted by atomic mass is 9.94. The topological polar surface area (TPSA) is 3.24 Å². The highest BCUT2D eigenvalue weighted by Gasteiger charge is 2.21. The van der Waals surface area contributed by atoms with Crippen LogP contribution in [0, 0.1) is 18.8 Å². The average molecular weight is 263 g/mol. The number of anilines is 1. The molecule has 1 aromatic carbocycles. The first-order valence-corrected chi connectivity index (χ1v) is 7.70. The maximum atomic E-state index is 4.51. The first-order valence-electron chi connectivity index (χ1n) is 7.07. The van der Waals surface area contributed by atoms with E-state index in [1.807, 2.05) is 0 Å². The second-order valence-electron chi connectivity index (χ2n) is 5.87. The van der Waals surface area contributed by atoms with Gasteiger partial charge in [0.2, 0.25) is 0 Å². The Labute approximate surface area is 117 Å². The van der Waals surface area contributed by atoms with Gasteiger partial charge in [0.05, 0.1) is 0 Å². The largest absolute Gasteiger partial charge is 0.371 e. The van der Waals surface area contributed by atoms with Gasteiger partial charge in [0.1, 0.15) is 0 Å². The zero-order valence-corrected chi connectivity index (χ0v) is 12.7. The molecule has 1 aromatic rings. The monoisotopic (exact) mass is 263 g/mol. The van der Waals surface area contributed by atoms with Crippen LogP contribution in [0.25, 0.3) is 0 Å². The second kappa shape index (κ2) is 6.01. The first-order chi connectivity index (χ1) is 8.61. The van der Waals surface area contributed by atoms with Crippen molar-refractivity contribution >= 4 is 18.3 Å². The molecule has 2 rings (SSSR count). The molecule has 1 aliphatic rings. The Bertz CT molecular complexity index is 400. The third-order valence-electron chi connectivity index (χ3n) is 4.08. The molecule has 0 N–H and O–H groups in total. The highest BCUT2D eigenvalue weighted by molar-refractivity contribution is 7.80. The summed E-state index contributed by atoms with van der Waals surface area (Å²) in [7, 11) is 0. The van der Waals surface area contributed by atoms with Crippen LogP contribution in [0.3, 0.4) is 0 Å². The summed E-state index contributed by atoms with van der Waals surface area (Å²) in [6.07, 6.45) is 2.52. The summed E-state index contributed by atoms with van der Waals surface area (Å²) in [5, 5.41) is 0. The number of fused-ring (bicyclic) bond motifs is 1. The van der Waals surface area contributed by atoms with Gasteiger partial charge in [-0.05, 0) is 49.0 Å². The number of benzene rings is 1. The molecule has 18 heavy (non-hydrogen) atoms. The Morgan fingerprint density at radius 3 is 2.78 bits per heavy atom. The van der Waals surface area contributed by atoms with Crippen molar-refractivity contribution in [2.24, 2.45) is 11.8 Å². The Hall–Kier alpha value is -0.630. The number of nitrogens with zero attached hydrogens (tertiary/aromatic N) is 1. The van der Waals surface area contributed by atoms with Gasteiger partial charge in [-0.2, -0.15) is 12.6 Å². The molecule has 0 saturated carbocycles. The molecule has 1 atom stereocenters. The van der Waals surface area contributed by atoms with Crippen molar-refractivity contribution in [3.05, 3.63) is 29.3 Å². The van der Waals surface area contributed by atoms with Gasteiger partial charge in [-0.3, -0.25) is 0 Å². The molecular formula is C16H25NS. The molecule has 1 unspecified atom stereocenters. The highest BCUT2D eigenvalue weighted by Crippen LogP contribution is 2.29. The van der Waals surface area contributed by atoms with Gasteiger partial charge in [0.15, 0.2) is 0 Å². The van der Waals surface area contributed by atoms with Crippen LogP contribution in [0.5, 0.6) is 0 Å². The summed E-state index contributed by atoms with van der Waals surface area (Å²) in [6, 6.07) is 6.90. The van der Waals surface area contributed by atoms with Crippen molar-refractivity contribution in [2.45, 2.75) is 33.6 Å². The van der Waals surface area contributed by atoms with E-state index in [0.29, 0.717) is 11.8 Å². The fourth-order valence-corrected chi connectivity index (χ4v) is 3.29. The normalized spacial score (nSPS) is 16.8. The predicted molar refractivity (Wildman–Crippen MR) is 83.9 cm³/mol. The van der Waals surface area contributed by atoms with Crippen LogP contribution in [0.15, 0.2) is 18.2 Å². The Morgan fingerprint density at radius 2 is 2.11 bits per heavy atom. The number of rotatable bonds is 4. The van der Waals surface area contributed by atoms with E-state index in [2.05, 4.69) is 56.5 Å². The van der Waals surface area contributed by atoms with Gasteiger partial charge in [-0.1, -0.05) is 31.5 Å². The standard InChI is InChI=1S/C16H25NS/c1-12(2)15(11-18)10-17-8-4-5-14-9-13(3)6-7-16(14)17/h6-7,9,12,15,18H,4-5,8,10-11H2,1-3H3. The van der Waals surface area contributed by atoms with Gasteiger partial charge in [0.25, 0.3) is 0 Å². The number of thiol groups is 1. The molecule has 1 heterocycles. The number of hydrogen-bond donors (Lipinski definition) is 1. The van der Waals surface area contributed by atoms with E-state index in [1.165, 1.54) is 36.2 Å².